The van der Waals surface area contributed by atoms with Crippen molar-refractivity contribution in [1.82, 2.24) is 0 Å². The number of benzene rings is 10. The molecular formula is C57H40N2. The fraction of sp³-hybridized carbons (Fsp3) is 0.0175. The summed E-state index contributed by atoms with van der Waals surface area (Å²) in [5, 5.41) is 4.91. The summed E-state index contributed by atoms with van der Waals surface area (Å²) in [4.78, 5) is 4.80. The lowest BCUT2D eigenvalue weighted by atomic mass is 9.92. The average molecular weight is 753 g/mol. The van der Waals surface area contributed by atoms with E-state index in [-0.39, 0.29) is 0 Å². The van der Waals surface area contributed by atoms with Gasteiger partial charge in [-0.25, -0.2) is 0 Å². The van der Waals surface area contributed by atoms with E-state index in [0.717, 1.165) is 40.5 Å². The Kier molecular flexibility index (Phi) is 8.60. The molecule has 0 unspecified atom stereocenters. The summed E-state index contributed by atoms with van der Waals surface area (Å²) < 4.78 is 0. The molecule has 0 amide bonds. The number of fused-ring (bicyclic) bond motifs is 5. The van der Waals surface area contributed by atoms with Crippen molar-refractivity contribution < 1.29 is 0 Å². The molecule has 2 heteroatoms. The quantitative estimate of drug-likeness (QED) is 0.152. The van der Waals surface area contributed by atoms with Crippen molar-refractivity contribution in [2.24, 2.45) is 0 Å². The summed E-state index contributed by atoms with van der Waals surface area (Å²) >= 11 is 0. The molecular weight excluding hydrogens is 713 g/mol. The number of anilines is 6. The Bertz CT molecular complexity index is 3100. The average Bonchev–Trinajstić information content (AvgIpc) is 3.68. The van der Waals surface area contributed by atoms with Gasteiger partial charge < -0.3 is 9.80 Å². The molecule has 0 spiro atoms. The van der Waals surface area contributed by atoms with Crippen LogP contribution in [-0.2, 0) is 6.42 Å². The number of para-hydroxylation sites is 1. The van der Waals surface area contributed by atoms with Gasteiger partial charge in [0.25, 0.3) is 0 Å². The molecule has 0 atom stereocenters. The predicted molar refractivity (Wildman–Crippen MR) is 250 cm³/mol. The van der Waals surface area contributed by atoms with Gasteiger partial charge in [-0.1, -0.05) is 164 Å². The monoisotopic (exact) mass is 752 g/mol. The molecule has 0 bridgehead atoms. The first-order chi connectivity index (χ1) is 29.3. The van der Waals surface area contributed by atoms with Crippen LogP contribution in [0.2, 0.25) is 0 Å². The predicted octanol–water partition coefficient (Wildman–Crippen LogP) is 15.8. The molecule has 0 saturated carbocycles. The van der Waals surface area contributed by atoms with Crippen LogP contribution in [0.15, 0.2) is 231 Å². The maximum Gasteiger partial charge on any atom is 0.0546 e. The third kappa shape index (κ3) is 6.23. The summed E-state index contributed by atoms with van der Waals surface area (Å²) in [5.41, 5.74) is 17.0. The van der Waals surface area contributed by atoms with E-state index in [0.29, 0.717) is 0 Å². The van der Waals surface area contributed by atoms with Crippen molar-refractivity contribution in [3.05, 3.63) is 242 Å². The molecule has 0 fully saturated rings. The fourth-order valence-electron chi connectivity index (χ4n) is 9.10. The van der Waals surface area contributed by atoms with Gasteiger partial charge in [-0.15, -0.1) is 0 Å². The number of rotatable bonds is 8. The highest BCUT2D eigenvalue weighted by atomic mass is 15.2. The fourth-order valence-corrected chi connectivity index (χ4v) is 9.10. The second-order valence-electron chi connectivity index (χ2n) is 15.3. The molecule has 10 aromatic rings. The Labute approximate surface area is 345 Å². The summed E-state index contributed by atoms with van der Waals surface area (Å²) in [5.74, 6) is 0. The van der Waals surface area contributed by atoms with Crippen molar-refractivity contribution in [1.29, 1.82) is 0 Å². The van der Waals surface area contributed by atoms with Crippen LogP contribution < -0.4 is 9.80 Å². The van der Waals surface area contributed by atoms with Gasteiger partial charge in [0.2, 0.25) is 0 Å². The van der Waals surface area contributed by atoms with Crippen LogP contribution in [0.3, 0.4) is 0 Å². The highest BCUT2D eigenvalue weighted by molar-refractivity contribution is 6.11. The topological polar surface area (TPSA) is 6.48 Å². The summed E-state index contributed by atoms with van der Waals surface area (Å²) in [6, 6.07) is 83.9. The third-order valence-corrected chi connectivity index (χ3v) is 11.9. The van der Waals surface area contributed by atoms with E-state index in [1.807, 2.05) is 0 Å². The Morgan fingerprint density at radius 1 is 0.288 bits per heavy atom. The molecule has 0 aliphatic heterocycles. The van der Waals surface area contributed by atoms with E-state index in [1.54, 1.807) is 0 Å². The van der Waals surface area contributed by atoms with Crippen LogP contribution in [0, 0.1) is 0 Å². The van der Waals surface area contributed by atoms with Crippen molar-refractivity contribution in [2.45, 2.75) is 6.42 Å². The SMILES string of the molecule is c1ccc(-c2ccc(N(c3ccc(N(c4ccccc4)c4cccc5cccc(-c6cccc7ccccc67)c45)cc3)c3ccc4c(c3)Cc3ccccc3-4)cc2)cc1. The molecule has 278 valence electrons. The molecule has 0 saturated heterocycles. The van der Waals surface area contributed by atoms with Crippen LogP contribution in [0.4, 0.5) is 34.1 Å². The van der Waals surface area contributed by atoms with E-state index < -0.39 is 0 Å². The van der Waals surface area contributed by atoms with E-state index in [4.69, 9.17) is 0 Å². The van der Waals surface area contributed by atoms with Gasteiger partial charge in [0.15, 0.2) is 0 Å². The largest absolute Gasteiger partial charge is 0.310 e. The first kappa shape index (κ1) is 34.6. The number of hydrogen-bond acceptors (Lipinski definition) is 2. The third-order valence-electron chi connectivity index (χ3n) is 11.9. The summed E-state index contributed by atoms with van der Waals surface area (Å²) in [6.07, 6.45) is 0.941. The molecule has 0 aromatic heterocycles. The van der Waals surface area contributed by atoms with Gasteiger partial charge in [0, 0.05) is 33.8 Å². The Morgan fingerprint density at radius 2 is 0.797 bits per heavy atom. The maximum absolute atomic E-state index is 2.41. The van der Waals surface area contributed by atoms with Gasteiger partial charge in [-0.2, -0.15) is 0 Å². The van der Waals surface area contributed by atoms with Crippen LogP contribution >= 0.6 is 0 Å². The van der Waals surface area contributed by atoms with E-state index in [9.17, 15) is 0 Å². The molecule has 1 aliphatic rings. The van der Waals surface area contributed by atoms with Gasteiger partial charge in [-0.3, -0.25) is 0 Å². The van der Waals surface area contributed by atoms with Gasteiger partial charge >= 0.3 is 0 Å². The second-order valence-corrected chi connectivity index (χ2v) is 15.3. The molecule has 11 rings (SSSR count). The molecule has 2 nitrogen and oxygen atoms in total. The summed E-state index contributed by atoms with van der Waals surface area (Å²) in [6.45, 7) is 0. The first-order valence-electron chi connectivity index (χ1n) is 20.4. The zero-order chi connectivity index (χ0) is 39.1. The van der Waals surface area contributed by atoms with Crippen LogP contribution in [0.25, 0.3) is 54.9 Å². The Morgan fingerprint density at radius 3 is 1.58 bits per heavy atom. The van der Waals surface area contributed by atoms with Crippen molar-refractivity contribution in [3.63, 3.8) is 0 Å². The minimum absolute atomic E-state index is 0.941. The highest BCUT2D eigenvalue weighted by Gasteiger charge is 2.23. The standard InChI is InChI=1S/C57H40N2/c1-3-14-40(15-4-1)41-28-30-47(31-29-41)58(50-36-37-53-45(39-50)38-44-17-8-10-24-52(44)53)48-32-34-49(35-33-48)59(46-21-5-2-6-22-46)56-27-13-20-43-19-12-26-55(57(43)56)54-25-11-18-42-16-7-9-23-51(42)54/h1-37,39H,38H2. The minimum Gasteiger partial charge on any atom is -0.310 e. The number of hydrogen-bond donors (Lipinski definition) is 0. The van der Waals surface area contributed by atoms with Crippen molar-refractivity contribution in [3.8, 4) is 33.4 Å². The molecule has 59 heavy (non-hydrogen) atoms. The lowest BCUT2D eigenvalue weighted by Crippen LogP contribution is -2.13. The molecule has 0 heterocycles. The molecule has 0 radical (unpaired) electrons. The van der Waals surface area contributed by atoms with Crippen LogP contribution in [-0.4, -0.2) is 0 Å². The van der Waals surface area contributed by atoms with Gasteiger partial charge in [0.1, 0.15) is 0 Å². The smallest absolute Gasteiger partial charge is 0.0546 e. The van der Waals surface area contributed by atoms with Crippen molar-refractivity contribution in [2.75, 3.05) is 9.80 Å². The minimum atomic E-state index is 0.941. The number of nitrogens with zero attached hydrogens (tertiary/aromatic N) is 2. The van der Waals surface area contributed by atoms with Crippen LogP contribution in [0.5, 0.6) is 0 Å². The van der Waals surface area contributed by atoms with Crippen molar-refractivity contribution >= 4 is 55.7 Å². The normalized spacial score (nSPS) is 11.7. The lowest BCUT2D eigenvalue weighted by molar-refractivity contribution is 1.23. The maximum atomic E-state index is 2.41. The zero-order valence-electron chi connectivity index (χ0n) is 32.5. The Hall–Kier alpha value is -7.68. The zero-order valence-corrected chi connectivity index (χ0v) is 32.5. The van der Waals surface area contributed by atoms with E-state index >= 15 is 0 Å². The molecule has 1 aliphatic carbocycles. The van der Waals surface area contributed by atoms with Gasteiger partial charge in [0.05, 0.1) is 5.69 Å². The molecule has 10 aromatic carbocycles. The second kappa shape index (κ2) is 14.7. The highest BCUT2D eigenvalue weighted by Crippen LogP contribution is 2.46. The van der Waals surface area contributed by atoms with Crippen LogP contribution in [0.1, 0.15) is 11.1 Å². The first-order valence-corrected chi connectivity index (χ1v) is 20.4. The Balaban J connectivity index is 1.05. The van der Waals surface area contributed by atoms with E-state index in [1.165, 1.54) is 66.1 Å². The van der Waals surface area contributed by atoms with E-state index in [2.05, 4.69) is 240 Å². The molecule has 0 N–H and O–H groups in total. The van der Waals surface area contributed by atoms with Gasteiger partial charge in [-0.05, 0) is 134 Å². The summed E-state index contributed by atoms with van der Waals surface area (Å²) in [7, 11) is 0. The lowest BCUT2D eigenvalue weighted by Gasteiger charge is -2.30.